The van der Waals surface area contributed by atoms with Crippen molar-refractivity contribution in [3.63, 3.8) is 0 Å². The van der Waals surface area contributed by atoms with Crippen LogP contribution in [0.1, 0.15) is 0 Å². The number of nitrogens with zero attached hydrogens (tertiary/aromatic N) is 1. The summed E-state index contributed by atoms with van der Waals surface area (Å²) in [4.78, 5) is 13.5. The summed E-state index contributed by atoms with van der Waals surface area (Å²) in [6, 6.07) is 16.7. The van der Waals surface area contributed by atoms with Gasteiger partial charge >= 0.3 is 0 Å². The lowest BCUT2D eigenvalue weighted by Crippen LogP contribution is -1.86. The molecule has 1 aromatic heterocycles. The van der Waals surface area contributed by atoms with Crippen LogP contribution in [0.15, 0.2) is 54.6 Å². The Bertz CT molecular complexity index is 717. The number of nitro benzene ring substituents is 1. The zero-order chi connectivity index (χ0) is 12.5. The maximum absolute atomic E-state index is 10.7. The minimum absolute atomic E-state index is 0.101. The van der Waals surface area contributed by atoms with Gasteiger partial charge in [0, 0.05) is 23.2 Å². The van der Waals surface area contributed by atoms with E-state index in [1.165, 1.54) is 6.07 Å². The van der Waals surface area contributed by atoms with E-state index in [9.17, 15) is 10.1 Å². The van der Waals surface area contributed by atoms with Gasteiger partial charge in [0.25, 0.3) is 5.69 Å². The minimum Gasteiger partial charge on any atom is -0.354 e. The summed E-state index contributed by atoms with van der Waals surface area (Å²) in [6.07, 6.45) is 0. The molecule has 0 bridgehead atoms. The summed E-state index contributed by atoms with van der Waals surface area (Å²) >= 11 is 0. The second-order valence-electron chi connectivity index (χ2n) is 4.08. The molecule has 4 heteroatoms. The molecule has 0 saturated heterocycles. The zero-order valence-corrected chi connectivity index (χ0v) is 9.46. The molecule has 1 heterocycles. The molecule has 3 aromatic rings. The SMILES string of the molecule is O=[N+]([O-])c1ccc2cc(-c3ccccc3)[nH]c2c1. The van der Waals surface area contributed by atoms with Gasteiger partial charge in [0.15, 0.2) is 0 Å². The van der Waals surface area contributed by atoms with Crippen molar-refractivity contribution in [3.05, 3.63) is 64.7 Å². The third-order valence-electron chi connectivity index (χ3n) is 2.90. The van der Waals surface area contributed by atoms with Crippen LogP contribution in [0.5, 0.6) is 0 Å². The number of hydrogen-bond acceptors (Lipinski definition) is 2. The Morgan fingerprint density at radius 1 is 1.00 bits per heavy atom. The van der Waals surface area contributed by atoms with Crippen molar-refractivity contribution in [3.8, 4) is 11.3 Å². The van der Waals surface area contributed by atoms with Crippen molar-refractivity contribution < 1.29 is 4.92 Å². The van der Waals surface area contributed by atoms with E-state index in [0.717, 1.165) is 22.2 Å². The van der Waals surface area contributed by atoms with Gasteiger partial charge in [0.1, 0.15) is 0 Å². The third kappa shape index (κ3) is 1.73. The number of aromatic amines is 1. The number of aromatic nitrogens is 1. The van der Waals surface area contributed by atoms with Crippen molar-refractivity contribution in [2.24, 2.45) is 0 Å². The van der Waals surface area contributed by atoms with Gasteiger partial charge in [-0.15, -0.1) is 0 Å². The fraction of sp³-hybridized carbons (Fsp3) is 0. The Hall–Kier alpha value is -2.62. The summed E-state index contributed by atoms with van der Waals surface area (Å²) < 4.78 is 0. The van der Waals surface area contributed by atoms with Crippen LogP contribution in [0.25, 0.3) is 22.2 Å². The maximum Gasteiger partial charge on any atom is 0.271 e. The average molecular weight is 238 g/mol. The van der Waals surface area contributed by atoms with Crippen LogP contribution < -0.4 is 0 Å². The van der Waals surface area contributed by atoms with E-state index in [0.29, 0.717) is 0 Å². The van der Waals surface area contributed by atoms with Crippen LogP contribution in [0, 0.1) is 10.1 Å². The van der Waals surface area contributed by atoms with Crippen LogP contribution in [0.3, 0.4) is 0 Å². The fourth-order valence-electron chi connectivity index (χ4n) is 2.00. The van der Waals surface area contributed by atoms with E-state index in [-0.39, 0.29) is 10.6 Å². The van der Waals surface area contributed by atoms with Crippen molar-refractivity contribution >= 4 is 16.6 Å². The third-order valence-corrected chi connectivity index (χ3v) is 2.90. The van der Waals surface area contributed by atoms with E-state index < -0.39 is 0 Å². The van der Waals surface area contributed by atoms with Crippen molar-refractivity contribution in [2.75, 3.05) is 0 Å². The number of nitro groups is 1. The lowest BCUT2D eigenvalue weighted by molar-refractivity contribution is -0.384. The molecule has 3 rings (SSSR count). The van der Waals surface area contributed by atoms with Gasteiger partial charge in [-0.2, -0.15) is 0 Å². The van der Waals surface area contributed by atoms with E-state index in [2.05, 4.69) is 4.98 Å². The van der Waals surface area contributed by atoms with Crippen molar-refractivity contribution in [1.29, 1.82) is 0 Å². The molecule has 18 heavy (non-hydrogen) atoms. The normalized spacial score (nSPS) is 10.7. The maximum atomic E-state index is 10.7. The first-order chi connectivity index (χ1) is 8.74. The highest BCUT2D eigenvalue weighted by atomic mass is 16.6. The predicted octanol–water partition coefficient (Wildman–Crippen LogP) is 3.74. The summed E-state index contributed by atoms with van der Waals surface area (Å²) in [7, 11) is 0. The molecular weight excluding hydrogens is 228 g/mol. The highest BCUT2D eigenvalue weighted by molar-refractivity contribution is 5.87. The Morgan fingerprint density at radius 3 is 2.50 bits per heavy atom. The number of nitrogens with one attached hydrogen (secondary N) is 1. The molecule has 1 N–H and O–H groups in total. The first-order valence-corrected chi connectivity index (χ1v) is 5.56. The van der Waals surface area contributed by atoms with Gasteiger partial charge in [0.2, 0.25) is 0 Å². The van der Waals surface area contributed by atoms with Gasteiger partial charge in [-0.25, -0.2) is 0 Å². The average Bonchev–Trinajstić information content (AvgIpc) is 2.82. The smallest absolute Gasteiger partial charge is 0.271 e. The molecule has 88 valence electrons. The Labute approximate surface area is 103 Å². The number of fused-ring (bicyclic) bond motifs is 1. The minimum atomic E-state index is -0.386. The number of non-ortho nitro benzene ring substituents is 1. The van der Waals surface area contributed by atoms with Crippen LogP contribution >= 0.6 is 0 Å². The Kier molecular flexibility index (Phi) is 2.34. The Balaban J connectivity index is 2.14. The standard InChI is InChI=1S/C14H10N2O2/c17-16(18)12-7-6-11-8-13(15-14(11)9-12)10-4-2-1-3-5-10/h1-9,15H. The molecule has 0 spiro atoms. The number of H-pyrrole nitrogens is 1. The monoisotopic (exact) mass is 238 g/mol. The largest absolute Gasteiger partial charge is 0.354 e. The first-order valence-electron chi connectivity index (χ1n) is 5.56. The zero-order valence-electron chi connectivity index (χ0n) is 9.46. The van der Waals surface area contributed by atoms with Crippen LogP contribution in [-0.2, 0) is 0 Å². The quantitative estimate of drug-likeness (QED) is 0.546. The van der Waals surface area contributed by atoms with Gasteiger partial charge in [-0.1, -0.05) is 30.3 Å². The lowest BCUT2D eigenvalue weighted by Gasteiger charge is -1.95. The number of rotatable bonds is 2. The Morgan fingerprint density at radius 2 is 1.78 bits per heavy atom. The summed E-state index contributed by atoms with van der Waals surface area (Å²) in [5.41, 5.74) is 2.91. The summed E-state index contributed by atoms with van der Waals surface area (Å²) in [5.74, 6) is 0. The number of hydrogen-bond donors (Lipinski definition) is 1. The highest BCUT2D eigenvalue weighted by Crippen LogP contribution is 2.26. The van der Waals surface area contributed by atoms with E-state index in [1.807, 2.05) is 36.4 Å². The molecule has 0 fully saturated rings. The van der Waals surface area contributed by atoms with E-state index in [4.69, 9.17) is 0 Å². The number of benzene rings is 2. The van der Waals surface area contributed by atoms with Gasteiger partial charge < -0.3 is 4.98 Å². The molecule has 0 amide bonds. The van der Waals surface area contributed by atoms with Crippen molar-refractivity contribution in [1.82, 2.24) is 4.98 Å². The molecule has 0 aliphatic rings. The molecule has 0 saturated carbocycles. The fourth-order valence-corrected chi connectivity index (χ4v) is 2.00. The molecule has 0 aliphatic heterocycles. The van der Waals surface area contributed by atoms with Crippen LogP contribution in [-0.4, -0.2) is 9.91 Å². The van der Waals surface area contributed by atoms with Crippen LogP contribution in [0.4, 0.5) is 5.69 Å². The van der Waals surface area contributed by atoms with Crippen LogP contribution in [0.2, 0.25) is 0 Å². The molecule has 4 nitrogen and oxygen atoms in total. The molecular formula is C14H10N2O2. The topological polar surface area (TPSA) is 58.9 Å². The lowest BCUT2D eigenvalue weighted by atomic mass is 10.1. The van der Waals surface area contributed by atoms with Gasteiger partial charge in [-0.3, -0.25) is 10.1 Å². The highest BCUT2D eigenvalue weighted by Gasteiger charge is 2.08. The second kappa shape index (κ2) is 4.00. The van der Waals surface area contributed by atoms with E-state index >= 15 is 0 Å². The molecule has 0 atom stereocenters. The van der Waals surface area contributed by atoms with E-state index in [1.54, 1.807) is 12.1 Å². The molecule has 0 unspecified atom stereocenters. The molecule has 0 aliphatic carbocycles. The van der Waals surface area contributed by atoms with Crippen molar-refractivity contribution in [2.45, 2.75) is 0 Å². The predicted molar refractivity (Wildman–Crippen MR) is 70.4 cm³/mol. The molecule has 0 radical (unpaired) electrons. The van der Waals surface area contributed by atoms with Gasteiger partial charge in [-0.05, 0) is 17.7 Å². The van der Waals surface area contributed by atoms with Gasteiger partial charge in [0.05, 0.1) is 10.4 Å². The summed E-state index contributed by atoms with van der Waals surface area (Å²) in [6.45, 7) is 0. The summed E-state index contributed by atoms with van der Waals surface area (Å²) in [5, 5.41) is 11.7. The molecule has 2 aromatic carbocycles. The first kappa shape index (κ1) is 10.5. The second-order valence-corrected chi connectivity index (χ2v) is 4.08.